The maximum atomic E-state index is 5.85. The van der Waals surface area contributed by atoms with E-state index in [-0.39, 0.29) is 6.04 Å². The van der Waals surface area contributed by atoms with Crippen LogP contribution in [0.1, 0.15) is 35.5 Å². The van der Waals surface area contributed by atoms with Gasteiger partial charge in [0.05, 0.1) is 11.4 Å². The Morgan fingerprint density at radius 3 is 2.32 bits per heavy atom. The molecule has 1 atom stereocenters. The molecule has 128 valence electrons. The summed E-state index contributed by atoms with van der Waals surface area (Å²) in [5, 5.41) is 3.53. The Hall–Kier alpha value is -2.81. The third kappa shape index (κ3) is 4.60. The first-order valence-corrected chi connectivity index (χ1v) is 8.59. The molecule has 0 aliphatic carbocycles. The van der Waals surface area contributed by atoms with Crippen LogP contribution >= 0.6 is 0 Å². The lowest BCUT2D eigenvalue weighted by atomic mass is 10.1. The first-order chi connectivity index (χ1) is 12.1. The molecule has 0 bridgehead atoms. The summed E-state index contributed by atoms with van der Waals surface area (Å²) >= 11 is 0. The van der Waals surface area contributed by atoms with Crippen molar-refractivity contribution in [1.29, 1.82) is 0 Å². The molecule has 3 aromatic rings. The van der Waals surface area contributed by atoms with E-state index in [1.54, 1.807) is 0 Å². The highest BCUT2D eigenvalue weighted by molar-refractivity contribution is 5.49. The number of aryl methyl sites for hydroxylation is 2. The van der Waals surface area contributed by atoms with Crippen LogP contribution in [-0.4, -0.2) is 4.98 Å². The van der Waals surface area contributed by atoms with Crippen LogP contribution in [0.4, 0.5) is 5.69 Å². The van der Waals surface area contributed by atoms with Crippen LogP contribution in [0.15, 0.2) is 66.7 Å². The first kappa shape index (κ1) is 17.0. The molecule has 0 saturated heterocycles. The van der Waals surface area contributed by atoms with Gasteiger partial charge in [-0.1, -0.05) is 42.5 Å². The summed E-state index contributed by atoms with van der Waals surface area (Å²) in [6.07, 6.45) is 0. The quantitative estimate of drug-likeness (QED) is 0.651. The van der Waals surface area contributed by atoms with E-state index in [0.717, 1.165) is 22.8 Å². The van der Waals surface area contributed by atoms with Crippen molar-refractivity contribution in [2.75, 3.05) is 5.32 Å². The first-order valence-electron chi connectivity index (χ1n) is 8.59. The van der Waals surface area contributed by atoms with Gasteiger partial charge in [0.15, 0.2) is 0 Å². The van der Waals surface area contributed by atoms with Crippen molar-refractivity contribution < 1.29 is 4.74 Å². The molecule has 0 saturated carbocycles. The lowest BCUT2D eigenvalue weighted by molar-refractivity contribution is 0.306. The lowest BCUT2D eigenvalue weighted by Gasteiger charge is -2.18. The van der Waals surface area contributed by atoms with E-state index < -0.39 is 0 Å². The third-order valence-electron chi connectivity index (χ3n) is 4.23. The van der Waals surface area contributed by atoms with Crippen LogP contribution in [0.3, 0.4) is 0 Å². The zero-order chi connectivity index (χ0) is 17.6. The van der Waals surface area contributed by atoms with Crippen molar-refractivity contribution in [1.82, 2.24) is 4.98 Å². The molecule has 1 unspecified atom stereocenters. The van der Waals surface area contributed by atoms with Gasteiger partial charge in [0.25, 0.3) is 0 Å². The Bertz CT molecular complexity index is 813. The number of pyridine rings is 1. The molecule has 0 fully saturated rings. The predicted molar refractivity (Wildman–Crippen MR) is 103 cm³/mol. The third-order valence-corrected chi connectivity index (χ3v) is 4.23. The summed E-state index contributed by atoms with van der Waals surface area (Å²) in [4.78, 5) is 4.51. The predicted octanol–water partition coefficient (Wildman–Crippen LogP) is 5.45. The molecule has 1 N–H and O–H groups in total. The average molecular weight is 332 g/mol. The Balaban J connectivity index is 1.61. The van der Waals surface area contributed by atoms with Crippen molar-refractivity contribution in [2.45, 2.75) is 33.4 Å². The van der Waals surface area contributed by atoms with E-state index in [9.17, 15) is 0 Å². The van der Waals surface area contributed by atoms with Crippen molar-refractivity contribution >= 4 is 5.69 Å². The summed E-state index contributed by atoms with van der Waals surface area (Å²) in [5.41, 5.74) is 5.52. The molecule has 1 aromatic heterocycles. The van der Waals surface area contributed by atoms with Gasteiger partial charge in [0.1, 0.15) is 12.4 Å². The zero-order valence-electron chi connectivity index (χ0n) is 15.0. The monoisotopic (exact) mass is 332 g/mol. The summed E-state index contributed by atoms with van der Waals surface area (Å²) in [6, 6.07) is 22.8. The van der Waals surface area contributed by atoms with Gasteiger partial charge in [-0.25, -0.2) is 0 Å². The molecule has 2 aromatic carbocycles. The van der Waals surface area contributed by atoms with Gasteiger partial charge in [-0.2, -0.15) is 0 Å². The number of benzene rings is 2. The van der Waals surface area contributed by atoms with Gasteiger partial charge in [-0.05, 0) is 56.2 Å². The number of nitrogens with one attached hydrogen (secondary N) is 1. The number of anilines is 1. The second-order valence-electron chi connectivity index (χ2n) is 6.29. The second-order valence-corrected chi connectivity index (χ2v) is 6.29. The van der Waals surface area contributed by atoms with Gasteiger partial charge in [-0.3, -0.25) is 4.98 Å². The van der Waals surface area contributed by atoms with Gasteiger partial charge in [-0.15, -0.1) is 0 Å². The zero-order valence-corrected chi connectivity index (χ0v) is 15.0. The fraction of sp³-hybridized carbons (Fsp3) is 0.227. The van der Waals surface area contributed by atoms with E-state index in [4.69, 9.17) is 4.74 Å². The largest absolute Gasteiger partial charge is 0.489 e. The van der Waals surface area contributed by atoms with Crippen LogP contribution < -0.4 is 10.1 Å². The Morgan fingerprint density at radius 1 is 0.920 bits per heavy atom. The van der Waals surface area contributed by atoms with E-state index in [0.29, 0.717) is 6.61 Å². The fourth-order valence-corrected chi connectivity index (χ4v) is 2.75. The van der Waals surface area contributed by atoms with Gasteiger partial charge in [0.2, 0.25) is 0 Å². The molecule has 25 heavy (non-hydrogen) atoms. The van der Waals surface area contributed by atoms with Crippen LogP contribution in [0.2, 0.25) is 0 Å². The molecule has 0 spiro atoms. The van der Waals surface area contributed by atoms with E-state index in [1.165, 1.54) is 11.1 Å². The number of aromatic nitrogens is 1. The molecule has 0 aliphatic rings. The minimum Gasteiger partial charge on any atom is -0.489 e. The smallest absolute Gasteiger partial charge is 0.119 e. The number of hydrogen-bond donors (Lipinski definition) is 1. The number of ether oxygens (including phenoxy) is 1. The highest BCUT2D eigenvalue weighted by Crippen LogP contribution is 2.23. The van der Waals surface area contributed by atoms with Crippen LogP contribution in [0.5, 0.6) is 5.75 Å². The second kappa shape index (κ2) is 7.84. The van der Waals surface area contributed by atoms with Gasteiger partial charge < -0.3 is 10.1 Å². The van der Waals surface area contributed by atoms with Crippen molar-refractivity contribution in [3.63, 3.8) is 0 Å². The molecule has 3 nitrogen and oxygen atoms in total. The van der Waals surface area contributed by atoms with E-state index in [2.05, 4.69) is 47.6 Å². The highest BCUT2D eigenvalue weighted by atomic mass is 16.5. The van der Waals surface area contributed by atoms with Crippen molar-refractivity contribution in [3.8, 4) is 5.75 Å². The molecule has 3 heteroatoms. The van der Waals surface area contributed by atoms with Crippen LogP contribution in [0.25, 0.3) is 0 Å². The maximum Gasteiger partial charge on any atom is 0.119 e. The van der Waals surface area contributed by atoms with Crippen LogP contribution in [-0.2, 0) is 6.61 Å². The van der Waals surface area contributed by atoms with Crippen molar-refractivity contribution in [3.05, 3.63) is 89.2 Å². The maximum absolute atomic E-state index is 5.85. The lowest BCUT2D eigenvalue weighted by Crippen LogP contribution is -2.08. The van der Waals surface area contributed by atoms with E-state index in [1.807, 2.05) is 50.2 Å². The van der Waals surface area contributed by atoms with E-state index >= 15 is 0 Å². The molecular formula is C22H24N2O. The van der Waals surface area contributed by atoms with Gasteiger partial charge in [0, 0.05) is 11.7 Å². The molecule has 0 amide bonds. The summed E-state index contributed by atoms with van der Waals surface area (Å²) in [7, 11) is 0. The number of rotatable bonds is 6. The molecule has 0 aliphatic heterocycles. The van der Waals surface area contributed by atoms with Crippen LogP contribution in [0, 0.1) is 13.8 Å². The number of hydrogen-bond acceptors (Lipinski definition) is 3. The summed E-state index contributed by atoms with van der Waals surface area (Å²) in [5.74, 6) is 0.882. The SMILES string of the molecule is Cc1ccc(NC(C)c2ccc(OCc3ccccc3)cc2)c(C)n1. The minimum atomic E-state index is 0.200. The molecular weight excluding hydrogens is 308 g/mol. The standard InChI is InChI=1S/C22H24N2O/c1-16-9-14-22(18(3)23-16)24-17(2)20-10-12-21(13-11-20)25-15-19-7-5-4-6-8-19/h4-14,17,24H,15H2,1-3H3. The summed E-state index contributed by atoms with van der Waals surface area (Å²) < 4.78 is 5.85. The normalized spacial score (nSPS) is 11.8. The molecule has 0 radical (unpaired) electrons. The molecule has 1 heterocycles. The van der Waals surface area contributed by atoms with Crippen molar-refractivity contribution in [2.24, 2.45) is 0 Å². The number of nitrogens with zero attached hydrogens (tertiary/aromatic N) is 1. The summed E-state index contributed by atoms with van der Waals surface area (Å²) in [6.45, 7) is 6.78. The molecule has 3 rings (SSSR count). The Morgan fingerprint density at radius 2 is 1.64 bits per heavy atom. The highest BCUT2D eigenvalue weighted by Gasteiger charge is 2.08. The average Bonchev–Trinajstić information content (AvgIpc) is 2.63. The Kier molecular flexibility index (Phi) is 5.34. The fourth-order valence-electron chi connectivity index (χ4n) is 2.75. The van der Waals surface area contributed by atoms with Gasteiger partial charge >= 0.3 is 0 Å². The Labute approximate surface area is 149 Å². The topological polar surface area (TPSA) is 34.1 Å². The minimum absolute atomic E-state index is 0.200.